The summed E-state index contributed by atoms with van der Waals surface area (Å²) in [5, 5.41) is 7.04. The summed E-state index contributed by atoms with van der Waals surface area (Å²) in [6, 6.07) is 60.7. The fourth-order valence-corrected chi connectivity index (χ4v) is 8.72. The molecule has 8 aromatic carbocycles. The fraction of sp³-hybridized carbons (Fsp3) is 0.0588. The Morgan fingerprint density at radius 3 is 1.98 bits per heavy atom. The zero-order valence-corrected chi connectivity index (χ0v) is 30.0. The standard InChI is InChI=1S/C51H34N2O/c1-51(2)43-21-12-20-40(49(43)42-26-32-15-6-7-16-33(32)28-44(42)51)37-17-8-9-18-38(37)46-30-45(52-50(53-46)31-13-4-3-5-14-31)35-24-23-34-29-48-41(27-36(34)25-35)39-19-10-11-22-47(39)54-48/h3-30H,1-2H3. The molecule has 3 heteroatoms. The molecule has 0 unspecified atom stereocenters. The predicted octanol–water partition coefficient (Wildman–Crippen LogP) is 13.7. The highest BCUT2D eigenvalue weighted by Gasteiger charge is 2.37. The summed E-state index contributed by atoms with van der Waals surface area (Å²) < 4.78 is 6.21. The van der Waals surface area contributed by atoms with Gasteiger partial charge in [-0.3, -0.25) is 0 Å². The van der Waals surface area contributed by atoms with E-state index in [1.807, 2.05) is 30.3 Å². The highest BCUT2D eigenvalue weighted by atomic mass is 16.3. The van der Waals surface area contributed by atoms with E-state index in [-0.39, 0.29) is 5.41 Å². The minimum absolute atomic E-state index is 0.132. The minimum atomic E-state index is -0.132. The van der Waals surface area contributed by atoms with Crippen LogP contribution >= 0.6 is 0 Å². The van der Waals surface area contributed by atoms with Crippen molar-refractivity contribution in [3.63, 3.8) is 0 Å². The van der Waals surface area contributed by atoms with Crippen LogP contribution in [0.5, 0.6) is 0 Å². The molecule has 0 fully saturated rings. The maximum atomic E-state index is 6.21. The van der Waals surface area contributed by atoms with Gasteiger partial charge in [-0.25, -0.2) is 9.97 Å². The zero-order valence-electron chi connectivity index (χ0n) is 30.0. The molecule has 0 saturated heterocycles. The van der Waals surface area contributed by atoms with Crippen LogP contribution in [0.1, 0.15) is 25.0 Å². The third-order valence-corrected chi connectivity index (χ3v) is 11.4. The first kappa shape index (κ1) is 30.8. The second-order valence-electron chi connectivity index (χ2n) is 15.0. The van der Waals surface area contributed by atoms with Crippen LogP contribution in [0.15, 0.2) is 174 Å². The van der Waals surface area contributed by atoms with Crippen LogP contribution in [-0.2, 0) is 5.41 Å². The van der Waals surface area contributed by atoms with Gasteiger partial charge in [-0.1, -0.05) is 141 Å². The number of aromatic nitrogens is 2. The molecule has 0 bridgehead atoms. The van der Waals surface area contributed by atoms with E-state index < -0.39 is 0 Å². The molecule has 1 aliphatic carbocycles. The first-order chi connectivity index (χ1) is 26.5. The van der Waals surface area contributed by atoms with E-state index >= 15 is 0 Å². The van der Waals surface area contributed by atoms with Gasteiger partial charge < -0.3 is 4.42 Å². The van der Waals surface area contributed by atoms with Crippen molar-refractivity contribution >= 4 is 43.5 Å². The molecule has 0 N–H and O–H groups in total. The molecule has 11 rings (SSSR count). The Hall–Kier alpha value is -6.84. The van der Waals surface area contributed by atoms with Crippen molar-refractivity contribution in [1.82, 2.24) is 9.97 Å². The summed E-state index contributed by atoms with van der Waals surface area (Å²) in [7, 11) is 0. The van der Waals surface area contributed by atoms with Gasteiger partial charge in [-0.2, -0.15) is 0 Å². The minimum Gasteiger partial charge on any atom is -0.456 e. The van der Waals surface area contributed by atoms with E-state index in [1.165, 1.54) is 38.6 Å². The molecule has 0 atom stereocenters. The van der Waals surface area contributed by atoms with Crippen molar-refractivity contribution in [2.45, 2.75) is 19.3 Å². The third kappa shape index (κ3) is 4.68. The number of benzene rings is 8. The van der Waals surface area contributed by atoms with Gasteiger partial charge in [-0.05, 0) is 97.4 Å². The quantitative estimate of drug-likeness (QED) is 0.184. The van der Waals surface area contributed by atoms with Crippen molar-refractivity contribution in [3.05, 3.63) is 181 Å². The molecule has 0 amide bonds. The largest absolute Gasteiger partial charge is 0.456 e. The SMILES string of the molecule is CC1(C)c2cc3ccccc3cc2-c2c(-c3ccccc3-c3cc(-c4ccc5cc6oc7ccccc7c6cc5c4)nc(-c4ccccc4)n3)cccc21. The molecule has 254 valence electrons. The molecule has 10 aromatic rings. The Morgan fingerprint density at radius 1 is 0.407 bits per heavy atom. The Kier molecular flexibility index (Phi) is 6.60. The second kappa shape index (κ2) is 11.6. The topological polar surface area (TPSA) is 38.9 Å². The van der Waals surface area contributed by atoms with Crippen molar-refractivity contribution in [1.29, 1.82) is 0 Å². The second-order valence-corrected chi connectivity index (χ2v) is 15.0. The highest BCUT2D eigenvalue weighted by molar-refractivity contribution is 6.10. The number of furan rings is 1. The molecule has 0 saturated carbocycles. The van der Waals surface area contributed by atoms with Crippen molar-refractivity contribution in [3.8, 4) is 56.2 Å². The first-order valence-corrected chi connectivity index (χ1v) is 18.6. The summed E-state index contributed by atoms with van der Waals surface area (Å²) in [5.41, 5.74) is 14.2. The number of para-hydroxylation sites is 1. The van der Waals surface area contributed by atoms with Crippen molar-refractivity contribution < 1.29 is 4.42 Å². The molecule has 0 radical (unpaired) electrons. The van der Waals surface area contributed by atoms with Crippen LogP contribution in [0.3, 0.4) is 0 Å². The molecule has 0 aliphatic heterocycles. The van der Waals surface area contributed by atoms with E-state index in [1.54, 1.807) is 0 Å². The maximum Gasteiger partial charge on any atom is 0.160 e. The zero-order chi connectivity index (χ0) is 36.0. The average molecular weight is 691 g/mol. The lowest BCUT2D eigenvalue weighted by Gasteiger charge is -2.22. The lowest BCUT2D eigenvalue weighted by atomic mass is 9.81. The Bertz CT molecular complexity index is 3130. The van der Waals surface area contributed by atoms with E-state index in [2.05, 4.69) is 153 Å². The molecular weight excluding hydrogens is 657 g/mol. The molecule has 3 nitrogen and oxygen atoms in total. The average Bonchev–Trinajstić information content (AvgIpc) is 3.69. The number of nitrogens with zero attached hydrogens (tertiary/aromatic N) is 2. The van der Waals surface area contributed by atoms with E-state index in [0.29, 0.717) is 5.82 Å². The molecule has 1 aliphatic rings. The normalized spacial score (nSPS) is 13.1. The summed E-state index contributed by atoms with van der Waals surface area (Å²) in [6.07, 6.45) is 0. The monoisotopic (exact) mass is 690 g/mol. The van der Waals surface area contributed by atoms with Crippen molar-refractivity contribution in [2.24, 2.45) is 0 Å². The molecule has 2 heterocycles. The number of fused-ring (bicyclic) bond motifs is 8. The Balaban J connectivity index is 1.11. The van der Waals surface area contributed by atoms with Gasteiger partial charge in [0.05, 0.1) is 11.4 Å². The Morgan fingerprint density at radius 2 is 1.11 bits per heavy atom. The third-order valence-electron chi connectivity index (χ3n) is 11.4. The van der Waals surface area contributed by atoms with Crippen molar-refractivity contribution in [2.75, 3.05) is 0 Å². The van der Waals surface area contributed by atoms with Gasteiger partial charge >= 0.3 is 0 Å². The number of hydrogen-bond acceptors (Lipinski definition) is 3. The summed E-state index contributed by atoms with van der Waals surface area (Å²) >= 11 is 0. The van der Waals surface area contributed by atoms with Crippen LogP contribution < -0.4 is 0 Å². The highest BCUT2D eigenvalue weighted by Crippen LogP contribution is 2.54. The predicted molar refractivity (Wildman–Crippen MR) is 224 cm³/mol. The lowest BCUT2D eigenvalue weighted by molar-refractivity contribution is 0.661. The smallest absolute Gasteiger partial charge is 0.160 e. The van der Waals surface area contributed by atoms with E-state index in [0.717, 1.165) is 66.4 Å². The molecule has 54 heavy (non-hydrogen) atoms. The van der Waals surface area contributed by atoms with Gasteiger partial charge in [0.25, 0.3) is 0 Å². The van der Waals surface area contributed by atoms with Crippen LogP contribution in [-0.4, -0.2) is 9.97 Å². The van der Waals surface area contributed by atoms with Gasteiger partial charge in [0.1, 0.15) is 11.2 Å². The van der Waals surface area contributed by atoms with Crippen LogP contribution in [0.2, 0.25) is 0 Å². The van der Waals surface area contributed by atoms with E-state index in [9.17, 15) is 0 Å². The summed E-state index contributed by atoms with van der Waals surface area (Å²) in [5.74, 6) is 0.700. The van der Waals surface area contributed by atoms with Crippen LogP contribution in [0.25, 0.3) is 99.6 Å². The molecule has 2 aromatic heterocycles. The molecular formula is C51H34N2O. The first-order valence-electron chi connectivity index (χ1n) is 18.6. The lowest BCUT2D eigenvalue weighted by Crippen LogP contribution is -2.14. The fourth-order valence-electron chi connectivity index (χ4n) is 8.72. The maximum absolute atomic E-state index is 6.21. The molecule has 0 spiro atoms. The van der Waals surface area contributed by atoms with Crippen LogP contribution in [0, 0.1) is 0 Å². The van der Waals surface area contributed by atoms with E-state index in [4.69, 9.17) is 14.4 Å². The Labute approximate surface area is 313 Å². The summed E-state index contributed by atoms with van der Waals surface area (Å²) in [6.45, 7) is 4.71. The van der Waals surface area contributed by atoms with Gasteiger partial charge in [0.15, 0.2) is 5.82 Å². The van der Waals surface area contributed by atoms with Gasteiger partial charge in [0, 0.05) is 32.9 Å². The summed E-state index contributed by atoms with van der Waals surface area (Å²) in [4.78, 5) is 10.5. The number of rotatable bonds is 4. The van der Waals surface area contributed by atoms with Gasteiger partial charge in [-0.15, -0.1) is 0 Å². The van der Waals surface area contributed by atoms with Gasteiger partial charge in [0.2, 0.25) is 0 Å². The van der Waals surface area contributed by atoms with Crippen LogP contribution in [0.4, 0.5) is 0 Å². The number of hydrogen-bond donors (Lipinski definition) is 0.